The van der Waals surface area contributed by atoms with E-state index in [1.54, 1.807) is 13.3 Å². The number of nitrogens with one attached hydrogen (secondary N) is 1. The van der Waals surface area contributed by atoms with Crippen LogP contribution in [0.1, 0.15) is 17.2 Å². The van der Waals surface area contributed by atoms with E-state index in [0.717, 1.165) is 16.9 Å². The van der Waals surface area contributed by atoms with E-state index < -0.39 is 0 Å². The average Bonchev–Trinajstić information content (AvgIpc) is 2.42. The molecule has 3 N–H and O–H groups in total. The number of ether oxygens (including phenoxy) is 1. The lowest BCUT2D eigenvalue weighted by Crippen LogP contribution is -2.20. The maximum absolute atomic E-state index is 5.93. The van der Waals surface area contributed by atoms with Gasteiger partial charge in [0, 0.05) is 17.3 Å². The molecular formula is C14H17N3O. The summed E-state index contributed by atoms with van der Waals surface area (Å²) in [5.41, 5.74) is 7.93. The van der Waals surface area contributed by atoms with Crippen LogP contribution in [0.4, 0.5) is 5.82 Å². The maximum atomic E-state index is 5.93. The van der Waals surface area contributed by atoms with Gasteiger partial charge in [-0.1, -0.05) is 24.3 Å². The highest BCUT2D eigenvalue weighted by molar-refractivity contribution is 5.49. The third kappa shape index (κ3) is 2.28. The number of nitrogens with two attached hydrogens (primary N) is 1. The van der Waals surface area contributed by atoms with Crippen molar-refractivity contribution in [3.63, 3.8) is 0 Å². The second kappa shape index (κ2) is 5.51. The SMILES string of the molecule is CNC(c1ccccc1OC)c1cccnc1N. The number of hydrogen-bond acceptors (Lipinski definition) is 4. The highest BCUT2D eigenvalue weighted by atomic mass is 16.5. The van der Waals surface area contributed by atoms with Crippen molar-refractivity contribution in [2.24, 2.45) is 0 Å². The molecular weight excluding hydrogens is 226 g/mol. The second-order valence-electron chi connectivity index (χ2n) is 3.94. The first-order valence-electron chi connectivity index (χ1n) is 5.78. The fourth-order valence-corrected chi connectivity index (χ4v) is 2.06. The summed E-state index contributed by atoms with van der Waals surface area (Å²) in [5, 5.41) is 3.25. The lowest BCUT2D eigenvalue weighted by molar-refractivity contribution is 0.405. The summed E-state index contributed by atoms with van der Waals surface area (Å²) in [4.78, 5) is 4.13. The average molecular weight is 243 g/mol. The van der Waals surface area contributed by atoms with Gasteiger partial charge in [0.1, 0.15) is 11.6 Å². The summed E-state index contributed by atoms with van der Waals surface area (Å²) < 4.78 is 5.39. The van der Waals surface area contributed by atoms with E-state index in [-0.39, 0.29) is 6.04 Å². The minimum Gasteiger partial charge on any atom is -0.496 e. The van der Waals surface area contributed by atoms with E-state index in [1.807, 2.05) is 43.4 Å². The topological polar surface area (TPSA) is 60.2 Å². The zero-order valence-corrected chi connectivity index (χ0v) is 10.6. The van der Waals surface area contributed by atoms with E-state index in [1.165, 1.54) is 0 Å². The predicted molar refractivity (Wildman–Crippen MR) is 72.5 cm³/mol. The van der Waals surface area contributed by atoms with Crippen LogP contribution in [0.5, 0.6) is 5.75 Å². The van der Waals surface area contributed by atoms with Crippen molar-refractivity contribution in [2.45, 2.75) is 6.04 Å². The summed E-state index contributed by atoms with van der Waals surface area (Å²) >= 11 is 0. The molecule has 1 aromatic heterocycles. The molecule has 0 bridgehead atoms. The van der Waals surface area contributed by atoms with E-state index in [4.69, 9.17) is 10.5 Å². The molecule has 0 saturated carbocycles. The highest BCUT2D eigenvalue weighted by Crippen LogP contribution is 2.31. The van der Waals surface area contributed by atoms with E-state index in [2.05, 4.69) is 10.3 Å². The van der Waals surface area contributed by atoms with Crippen LogP contribution in [-0.4, -0.2) is 19.1 Å². The van der Waals surface area contributed by atoms with Crippen LogP contribution in [0.25, 0.3) is 0 Å². The predicted octanol–water partition coefficient (Wildman–Crippen LogP) is 1.98. The molecule has 2 aromatic rings. The van der Waals surface area contributed by atoms with Crippen LogP contribution in [0.2, 0.25) is 0 Å². The summed E-state index contributed by atoms with van der Waals surface area (Å²) in [6, 6.07) is 11.7. The summed E-state index contributed by atoms with van der Waals surface area (Å²) in [5.74, 6) is 1.36. The van der Waals surface area contributed by atoms with Crippen molar-refractivity contribution >= 4 is 5.82 Å². The van der Waals surface area contributed by atoms with Gasteiger partial charge in [-0.25, -0.2) is 4.98 Å². The first-order chi connectivity index (χ1) is 8.77. The zero-order valence-electron chi connectivity index (χ0n) is 10.6. The Hall–Kier alpha value is -2.07. The molecule has 1 unspecified atom stereocenters. The van der Waals surface area contributed by atoms with Crippen LogP contribution >= 0.6 is 0 Å². The van der Waals surface area contributed by atoms with Crippen molar-refractivity contribution < 1.29 is 4.74 Å². The molecule has 0 aliphatic heterocycles. The van der Waals surface area contributed by atoms with Crippen molar-refractivity contribution in [1.82, 2.24) is 10.3 Å². The number of nitrogen functional groups attached to an aromatic ring is 1. The largest absolute Gasteiger partial charge is 0.496 e. The van der Waals surface area contributed by atoms with Gasteiger partial charge in [-0.3, -0.25) is 0 Å². The van der Waals surface area contributed by atoms with Crippen LogP contribution < -0.4 is 15.8 Å². The third-order valence-electron chi connectivity index (χ3n) is 2.92. The van der Waals surface area contributed by atoms with Gasteiger partial charge in [-0.2, -0.15) is 0 Å². The Bertz CT molecular complexity index is 528. The molecule has 4 nitrogen and oxygen atoms in total. The standard InChI is InChI=1S/C14H17N3O/c1-16-13(11-7-5-9-17-14(11)15)10-6-3-4-8-12(10)18-2/h3-9,13,16H,1-2H3,(H2,15,17). The molecule has 1 aromatic carbocycles. The molecule has 1 atom stereocenters. The van der Waals surface area contributed by atoms with Crippen LogP contribution in [0.15, 0.2) is 42.6 Å². The van der Waals surface area contributed by atoms with Crippen molar-refractivity contribution in [1.29, 1.82) is 0 Å². The fourth-order valence-electron chi connectivity index (χ4n) is 2.06. The molecule has 2 rings (SSSR count). The number of hydrogen-bond donors (Lipinski definition) is 2. The van der Waals surface area contributed by atoms with Crippen LogP contribution in [0.3, 0.4) is 0 Å². The molecule has 1 heterocycles. The molecule has 0 spiro atoms. The quantitative estimate of drug-likeness (QED) is 0.862. The Kier molecular flexibility index (Phi) is 3.79. The van der Waals surface area contributed by atoms with Crippen molar-refractivity contribution in [3.8, 4) is 5.75 Å². The van der Waals surface area contributed by atoms with Gasteiger partial charge < -0.3 is 15.8 Å². The first kappa shape index (κ1) is 12.4. The Labute approximate surface area is 107 Å². The van der Waals surface area contributed by atoms with Gasteiger partial charge in [0.25, 0.3) is 0 Å². The zero-order chi connectivity index (χ0) is 13.0. The number of methoxy groups -OCH3 is 1. The molecule has 4 heteroatoms. The van der Waals surface area contributed by atoms with E-state index in [0.29, 0.717) is 5.82 Å². The van der Waals surface area contributed by atoms with E-state index >= 15 is 0 Å². The van der Waals surface area contributed by atoms with Gasteiger partial charge in [-0.05, 0) is 19.2 Å². The third-order valence-corrected chi connectivity index (χ3v) is 2.92. The highest BCUT2D eigenvalue weighted by Gasteiger charge is 2.18. The summed E-state index contributed by atoms with van der Waals surface area (Å²) in [7, 11) is 3.56. The minimum absolute atomic E-state index is 0.0325. The van der Waals surface area contributed by atoms with Crippen LogP contribution in [-0.2, 0) is 0 Å². The Morgan fingerprint density at radius 3 is 2.56 bits per heavy atom. The molecule has 0 saturated heterocycles. The monoisotopic (exact) mass is 243 g/mol. The molecule has 94 valence electrons. The summed E-state index contributed by atoms with van der Waals surface area (Å²) in [6.45, 7) is 0. The molecule has 0 radical (unpaired) electrons. The number of anilines is 1. The smallest absolute Gasteiger partial charge is 0.128 e. The Morgan fingerprint density at radius 1 is 1.17 bits per heavy atom. The minimum atomic E-state index is -0.0325. The number of pyridine rings is 1. The summed E-state index contributed by atoms with van der Waals surface area (Å²) in [6.07, 6.45) is 1.69. The Morgan fingerprint density at radius 2 is 1.89 bits per heavy atom. The van der Waals surface area contributed by atoms with Crippen molar-refractivity contribution in [2.75, 3.05) is 19.9 Å². The molecule has 0 amide bonds. The molecule has 0 aliphatic carbocycles. The van der Waals surface area contributed by atoms with Gasteiger partial charge >= 0.3 is 0 Å². The number of nitrogens with zero attached hydrogens (tertiary/aromatic N) is 1. The maximum Gasteiger partial charge on any atom is 0.128 e. The molecule has 0 fully saturated rings. The second-order valence-corrected chi connectivity index (χ2v) is 3.94. The van der Waals surface area contributed by atoms with Gasteiger partial charge in [0.05, 0.1) is 13.2 Å². The normalized spacial score (nSPS) is 12.1. The lowest BCUT2D eigenvalue weighted by Gasteiger charge is -2.20. The molecule has 0 aliphatic rings. The van der Waals surface area contributed by atoms with Gasteiger partial charge in [0.15, 0.2) is 0 Å². The van der Waals surface area contributed by atoms with E-state index in [9.17, 15) is 0 Å². The number of aromatic nitrogens is 1. The van der Waals surface area contributed by atoms with Crippen molar-refractivity contribution in [3.05, 3.63) is 53.7 Å². The lowest BCUT2D eigenvalue weighted by atomic mass is 9.98. The van der Waals surface area contributed by atoms with Crippen LogP contribution in [0, 0.1) is 0 Å². The Balaban J connectivity index is 2.49. The number of benzene rings is 1. The fraction of sp³-hybridized carbons (Fsp3) is 0.214. The number of para-hydroxylation sites is 1. The van der Waals surface area contributed by atoms with Gasteiger partial charge in [-0.15, -0.1) is 0 Å². The number of rotatable bonds is 4. The first-order valence-corrected chi connectivity index (χ1v) is 5.78. The molecule has 18 heavy (non-hydrogen) atoms. The van der Waals surface area contributed by atoms with Gasteiger partial charge in [0.2, 0.25) is 0 Å².